The second-order valence-corrected chi connectivity index (χ2v) is 6.14. The number of rotatable bonds is 4. The third-order valence-electron chi connectivity index (χ3n) is 4.27. The van der Waals surface area contributed by atoms with Gasteiger partial charge in [0.25, 0.3) is 11.7 Å². The maximum Gasteiger partial charge on any atom is 0.274 e. The highest BCUT2D eigenvalue weighted by atomic mass is 16.5. The molecule has 5 heteroatoms. The van der Waals surface area contributed by atoms with Crippen LogP contribution in [0, 0.1) is 6.92 Å². The summed E-state index contributed by atoms with van der Waals surface area (Å²) in [6.07, 6.45) is 1.45. The van der Waals surface area contributed by atoms with Crippen LogP contribution in [0.2, 0.25) is 0 Å². The van der Waals surface area contributed by atoms with Gasteiger partial charge in [-0.3, -0.25) is 9.69 Å². The van der Waals surface area contributed by atoms with Crippen molar-refractivity contribution in [3.8, 4) is 5.75 Å². The Hall–Kier alpha value is -2.56. The predicted molar refractivity (Wildman–Crippen MR) is 93.1 cm³/mol. The molecule has 5 nitrogen and oxygen atoms in total. The van der Waals surface area contributed by atoms with Crippen LogP contribution in [0.1, 0.15) is 12.5 Å². The molecule has 1 fully saturated rings. The van der Waals surface area contributed by atoms with Crippen molar-refractivity contribution in [3.05, 3.63) is 54.2 Å². The molecule has 0 aliphatic carbocycles. The molecule has 2 aromatic rings. The third-order valence-corrected chi connectivity index (χ3v) is 4.27. The molecule has 1 saturated heterocycles. The number of aromatic nitrogens is 1. The Kier molecular flexibility index (Phi) is 4.99. The van der Waals surface area contributed by atoms with Crippen LogP contribution in [0.3, 0.4) is 0 Å². The summed E-state index contributed by atoms with van der Waals surface area (Å²) in [6.45, 7) is 6.90. The zero-order valence-electron chi connectivity index (χ0n) is 14.2. The van der Waals surface area contributed by atoms with Gasteiger partial charge in [-0.25, -0.2) is 4.98 Å². The van der Waals surface area contributed by atoms with Crippen LogP contribution in [0.4, 0.5) is 5.82 Å². The van der Waals surface area contributed by atoms with Crippen molar-refractivity contribution in [2.45, 2.75) is 20.0 Å². The fraction of sp³-hybridized carbons (Fsp3) is 0.368. The first kappa shape index (κ1) is 16.3. The van der Waals surface area contributed by atoms with Gasteiger partial charge in [-0.2, -0.15) is 0 Å². The Morgan fingerprint density at radius 2 is 1.92 bits per heavy atom. The number of carbonyl (C=O) groups is 1. The summed E-state index contributed by atoms with van der Waals surface area (Å²) in [5.41, 5.74) is 1.12. The first-order valence-corrected chi connectivity index (χ1v) is 8.37. The first-order chi connectivity index (χ1) is 11.6. The van der Waals surface area contributed by atoms with Crippen LogP contribution in [0.15, 0.2) is 48.7 Å². The van der Waals surface area contributed by atoms with Gasteiger partial charge in [0, 0.05) is 6.07 Å². The van der Waals surface area contributed by atoms with E-state index in [1.54, 1.807) is 0 Å². The lowest BCUT2D eigenvalue weighted by atomic mass is 10.2. The molecule has 1 N–H and O–H groups in total. The number of amides is 1. The predicted octanol–water partition coefficient (Wildman–Crippen LogP) is 1.93. The van der Waals surface area contributed by atoms with Gasteiger partial charge in [0.2, 0.25) is 0 Å². The van der Waals surface area contributed by atoms with E-state index in [2.05, 4.69) is 16.0 Å². The van der Waals surface area contributed by atoms with E-state index in [0.29, 0.717) is 13.1 Å². The number of carbonyl (C=O) groups excluding carboxylic acids is 1. The number of nitrogens with one attached hydrogen (secondary N) is 1. The number of nitrogens with zero attached hydrogens (tertiary/aromatic N) is 2. The maximum atomic E-state index is 12.6. The van der Waals surface area contributed by atoms with Gasteiger partial charge in [0.05, 0.1) is 19.3 Å². The zero-order chi connectivity index (χ0) is 16.9. The summed E-state index contributed by atoms with van der Waals surface area (Å²) >= 11 is 0. The number of hydrogen-bond acceptors (Lipinski definition) is 3. The Bertz CT molecular complexity index is 682. The molecule has 24 heavy (non-hydrogen) atoms. The summed E-state index contributed by atoms with van der Waals surface area (Å²) in [4.78, 5) is 20.0. The van der Waals surface area contributed by atoms with Crippen LogP contribution in [0.5, 0.6) is 5.75 Å². The summed E-state index contributed by atoms with van der Waals surface area (Å²) in [5.74, 6) is 1.88. The van der Waals surface area contributed by atoms with Gasteiger partial charge in [-0.15, -0.1) is 0 Å². The molecular formula is C19H24N3O2+. The number of piperazine rings is 1. The second-order valence-electron chi connectivity index (χ2n) is 6.14. The Morgan fingerprint density at radius 1 is 1.12 bits per heavy atom. The number of pyridine rings is 1. The van der Waals surface area contributed by atoms with Crippen LogP contribution >= 0.6 is 0 Å². The lowest BCUT2D eigenvalue weighted by Crippen LogP contribution is -2.52. The molecule has 1 aromatic heterocycles. The summed E-state index contributed by atoms with van der Waals surface area (Å²) in [7, 11) is 0. The molecule has 0 saturated carbocycles. The smallest absolute Gasteiger partial charge is 0.274 e. The van der Waals surface area contributed by atoms with Gasteiger partial charge >= 0.3 is 0 Å². The SMILES string of the molecule is Cc1cccc(O[C@H](C)C(=O)N2CCN(c3cccc[nH+]3)CC2)c1. The van der Waals surface area contributed by atoms with Crippen molar-refractivity contribution in [1.82, 2.24) is 4.90 Å². The van der Waals surface area contributed by atoms with Crippen LogP contribution in [-0.2, 0) is 4.79 Å². The molecule has 1 atom stereocenters. The van der Waals surface area contributed by atoms with Crippen molar-refractivity contribution in [2.24, 2.45) is 0 Å². The standard InChI is InChI=1S/C19H23N3O2/c1-15-6-5-7-17(14-15)24-16(2)19(23)22-12-10-21(11-13-22)18-8-3-4-9-20-18/h3-9,14,16H,10-13H2,1-2H3/p+1/t16-/m1/s1. The Balaban J connectivity index is 1.55. The average Bonchev–Trinajstić information content (AvgIpc) is 2.62. The molecule has 0 radical (unpaired) electrons. The number of aryl methyl sites for hydroxylation is 1. The number of anilines is 1. The highest BCUT2D eigenvalue weighted by molar-refractivity contribution is 5.81. The minimum Gasteiger partial charge on any atom is -0.481 e. The van der Waals surface area contributed by atoms with E-state index in [9.17, 15) is 4.79 Å². The largest absolute Gasteiger partial charge is 0.481 e. The average molecular weight is 326 g/mol. The number of hydrogen-bond donors (Lipinski definition) is 0. The van der Waals surface area contributed by atoms with Gasteiger partial charge in [0.1, 0.15) is 18.8 Å². The van der Waals surface area contributed by atoms with E-state index < -0.39 is 6.10 Å². The van der Waals surface area contributed by atoms with Crippen LogP contribution < -0.4 is 14.6 Å². The molecule has 2 heterocycles. The minimum atomic E-state index is -0.471. The number of benzene rings is 1. The van der Waals surface area contributed by atoms with E-state index in [1.807, 2.05) is 61.3 Å². The molecule has 1 amide bonds. The fourth-order valence-electron chi connectivity index (χ4n) is 2.95. The normalized spacial score (nSPS) is 15.9. The number of H-pyrrole nitrogens is 1. The monoisotopic (exact) mass is 326 g/mol. The summed E-state index contributed by atoms with van der Waals surface area (Å²) < 4.78 is 5.81. The van der Waals surface area contributed by atoms with Gasteiger partial charge in [-0.05, 0) is 37.6 Å². The Morgan fingerprint density at radius 3 is 2.58 bits per heavy atom. The summed E-state index contributed by atoms with van der Waals surface area (Å²) in [6, 6.07) is 13.8. The van der Waals surface area contributed by atoms with Crippen molar-refractivity contribution >= 4 is 11.7 Å². The lowest BCUT2D eigenvalue weighted by Gasteiger charge is -2.32. The Labute approximate surface area is 142 Å². The van der Waals surface area contributed by atoms with E-state index in [-0.39, 0.29) is 5.91 Å². The quantitative estimate of drug-likeness (QED) is 0.862. The number of aromatic amines is 1. The molecule has 3 rings (SSSR count). The molecule has 1 aromatic carbocycles. The molecule has 1 aliphatic heterocycles. The van der Waals surface area contributed by atoms with Gasteiger partial charge < -0.3 is 9.64 Å². The van der Waals surface area contributed by atoms with E-state index >= 15 is 0 Å². The van der Waals surface area contributed by atoms with Crippen molar-refractivity contribution in [2.75, 3.05) is 31.1 Å². The maximum absolute atomic E-state index is 12.6. The molecule has 126 valence electrons. The highest BCUT2D eigenvalue weighted by Crippen LogP contribution is 2.16. The van der Waals surface area contributed by atoms with Crippen molar-refractivity contribution < 1.29 is 14.5 Å². The molecule has 0 bridgehead atoms. The lowest BCUT2D eigenvalue weighted by molar-refractivity contribution is -0.364. The van der Waals surface area contributed by atoms with E-state index in [4.69, 9.17) is 4.74 Å². The molecule has 0 unspecified atom stereocenters. The van der Waals surface area contributed by atoms with Gasteiger partial charge in [0.15, 0.2) is 6.10 Å². The third kappa shape index (κ3) is 3.85. The topological polar surface area (TPSA) is 46.9 Å². The van der Waals surface area contributed by atoms with Crippen LogP contribution in [-0.4, -0.2) is 43.1 Å². The zero-order valence-corrected chi connectivity index (χ0v) is 14.2. The van der Waals surface area contributed by atoms with Crippen LogP contribution in [0.25, 0.3) is 0 Å². The second kappa shape index (κ2) is 7.34. The van der Waals surface area contributed by atoms with Crippen molar-refractivity contribution in [1.29, 1.82) is 0 Å². The fourth-order valence-corrected chi connectivity index (χ4v) is 2.95. The molecular weight excluding hydrogens is 302 g/mol. The van der Waals surface area contributed by atoms with Crippen molar-refractivity contribution in [3.63, 3.8) is 0 Å². The minimum absolute atomic E-state index is 0.0493. The van der Waals surface area contributed by atoms with E-state index in [0.717, 1.165) is 30.2 Å². The summed E-state index contributed by atoms with van der Waals surface area (Å²) in [5, 5.41) is 0. The highest BCUT2D eigenvalue weighted by Gasteiger charge is 2.29. The molecule has 1 aliphatic rings. The first-order valence-electron chi connectivity index (χ1n) is 8.37. The van der Waals surface area contributed by atoms with E-state index in [1.165, 1.54) is 0 Å². The molecule has 0 spiro atoms. The van der Waals surface area contributed by atoms with Gasteiger partial charge in [-0.1, -0.05) is 18.2 Å². The number of ether oxygens (including phenoxy) is 1.